The van der Waals surface area contributed by atoms with Gasteiger partial charge in [0.15, 0.2) is 0 Å². The molecule has 5 heteroatoms. The second kappa shape index (κ2) is 5.29. The summed E-state index contributed by atoms with van der Waals surface area (Å²) < 4.78 is 4.79. The van der Waals surface area contributed by atoms with Crippen LogP contribution in [0.1, 0.15) is 15.9 Å². The van der Waals surface area contributed by atoms with Crippen LogP contribution in [0, 0.1) is 0 Å². The van der Waals surface area contributed by atoms with Crippen LogP contribution in [-0.4, -0.2) is 48.2 Å². The van der Waals surface area contributed by atoms with Crippen molar-refractivity contribution in [1.29, 1.82) is 0 Å². The fourth-order valence-electron chi connectivity index (χ4n) is 2.04. The zero-order valence-corrected chi connectivity index (χ0v) is 10.1. The molecule has 96 valence electrons. The average Bonchev–Trinajstić information content (AvgIpc) is 2.35. The van der Waals surface area contributed by atoms with Gasteiger partial charge in [-0.05, 0) is 11.6 Å². The highest BCUT2D eigenvalue weighted by molar-refractivity contribution is 6.09. The number of nitrogens with zero attached hydrogens (tertiary/aromatic N) is 1. The van der Waals surface area contributed by atoms with Crippen LogP contribution in [0.4, 0.5) is 0 Å². The summed E-state index contributed by atoms with van der Waals surface area (Å²) in [7, 11) is 1.46. The van der Waals surface area contributed by atoms with Crippen LogP contribution < -0.4 is 0 Å². The third kappa shape index (κ3) is 2.42. The van der Waals surface area contributed by atoms with E-state index in [4.69, 9.17) is 4.74 Å². The minimum absolute atomic E-state index is 0.0279. The summed E-state index contributed by atoms with van der Waals surface area (Å²) in [6, 6.07) is 7.03. The van der Waals surface area contributed by atoms with E-state index in [2.05, 4.69) is 0 Å². The fourth-order valence-corrected chi connectivity index (χ4v) is 2.04. The number of rotatable bonds is 4. The van der Waals surface area contributed by atoms with Gasteiger partial charge in [-0.3, -0.25) is 14.5 Å². The molecule has 0 bridgehead atoms. The third-order valence-electron chi connectivity index (χ3n) is 2.89. The van der Waals surface area contributed by atoms with Gasteiger partial charge in [0.1, 0.15) is 0 Å². The predicted molar refractivity (Wildman–Crippen MR) is 64.1 cm³/mol. The smallest absolute Gasteiger partial charge is 0.260 e. The van der Waals surface area contributed by atoms with Crippen molar-refractivity contribution in [2.75, 3.05) is 20.3 Å². The standard InChI is InChI=1S/C13H15NO4/c1-18-8-10(15)7-14-12(16)6-9-4-2-3-5-11(9)13(14)17/h2-5,10,15H,6-8H2,1H3. The molecule has 0 aromatic heterocycles. The van der Waals surface area contributed by atoms with Gasteiger partial charge in [0, 0.05) is 12.7 Å². The number of carbonyl (C=O) groups excluding carboxylic acids is 2. The first kappa shape index (κ1) is 12.7. The summed E-state index contributed by atoms with van der Waals surface area (Å²) in [4.78, 5) is 25.1. The number of hydrogen-bond donors (Lipinski definition) is 1. The minimum atomic E-state index is -0.854. The summed E-state index contributed by atoms with van der Waals surface area (Å²) in [5.41, 5.74) is 1.27. The third-order valence-corrected chi connectivity index (χ3v) is 2.89. The molecule has 0 fully saturated rings. The van der Waals surface area contributed by atoms with Gasteiger partial charge in [-0.25, -0.2) is 0 Å². The van der Waals surface area contributed by atoms with Crippen LogP contribution in [-0.2, 0) is 16.0 Å². The Kier molecular flexibility index (Phi) is 3.74. The first-order chi connectivity index (χ1) is 8.63. The quantitative estimate of drug-likeness (QED) is 0.775. The zero-order chi connectivity index (χ0) is 13.1. The Morgan fingerprint density at radius 2 is 2.11 bits per heavy atom. The molecular weight excluding hydrogens is 234 g/mol. The largest absolute Gasteiger partial charge is 0.389 e. The molecule has 1 unspecified atom stereocenters. The molecule has 18 heavy (non-hydrogen) atoms. The van der Waals surface area contributed by atoms with Gasteiger partial charge in [0.2, 0.25) is 5.91 Å². The topological polar surface area (TPSA) is 66.8 Å². The molecule has 0 saturated carbocycles. The van der Waals surface area contributed by atoms with Crippen molar-refractivity contribution in [3.63, 3.8) is 0 Å². The number of carbonyl (C=O) groups is 2. The molecule has 0 radical (unpaired) electrons. The second-order valence-electron chi connectivity index (χ2n) is 4.25. The van der Waals surface area contributed by atoms with Crippen LogP contribution in [0.3, 0.4) is 0 Å². The zero-order valence-electron chi connectivity index (χ0n) is 10.1. The molecule has 1 aliphatic heterocycles. The maximum atomic E-state index is 12.1. The van der Waals surface area contributed by atoms with Crippen LogP contribution in [0.5, 0.6) is 0 Å². The van der Waals surface area contributed by atoms with E-state index in [1.807, 2.05) is 0 Å². The van der Waals surface area contributed by atoms with Crippen molar-refractivity contribution < 1.29 is 19.4 Å². The summed E-state index contributed by atoms with van der Waals surface area (Å²) in [5, 5.41) is 9.61. The van der Waals surface area contributed by atoms with Gasteiger partial charge in [-0.15, -0.1) is 0 Å². The Hall–Kier alpha value is -1.72. The highest BCUT2D eigenvalue weighted by Crippen LogP contribution is 2.19. The number of fused-ring (bicyclic) bond motifs is 1. The Balaban J connectivity index is 2.19. The molecule has 0 aliphatic carbocycles. The van der Waals surface area contributed by atoms with Gasteiger partial charge < -0.3 is 9.84 Å². The van der Waals surface area contributed by atoms with Crippen molar-refractivity contribution in [1.82, 2.24) is 4.90 Å². The van der Waals surface area contributed by atoms with Crippen molar-refractivity contribution in [2.45, 2.75) is 12.5 Å². The van der Waals surface area contributed by atoms with E-state index in [1.165, 1.54) is 7.11 Å². The SMILES string of the molecule is COCC(O)CN1C(=O)Cc2ccccc2C1=O. The lowest BCUT2D eigenvalue weighted by molar-refractivity contribution is -0.129. The van der Waals surface area contributed by atoms with Crippen LogP contribution in [0.15, 0.2) is 24.3 Å². The highest BCUT2D eigenvalue weighted by Gasteiger charge is 2.31. The van der Waals surface area contributed by atoms with E-state index in [1.54, 1.807) is 24.3 Å². The first-order valence-electron chi connectivity index (χ1n) is 5.73. The summed E-state index contributed by atoms with van der Waals surface area (Å²) in [6.45, 7) is 0.0680. The number of amides is 2. The number of aliphatic hydroxyl groups excluding tert-OH is 1. The summed E-state index contributed by atoms with van der Waals surface area (Å²) >= 11 is 0. The Bertz CT molecular complexity index is 472. The van der Waals surface area contributed by atoms with E-state index in [0.29, 0.717) is 5.56 Å². The monoisotopic (exact) mass is 249 g/mol. The van der Waals surface area contributed by atoms with Crippen molar-refractivity contribution in [2.24, 2.45) is 0 Å². The predicted octanol–water partition coefficient (Wildman–Crippen LogP) is 0.219. The molecule has 2 amide bonds. The molecule has 1 aromatic carbocycles. The lowest BCUT2D eigenvalue weighted by Crippen LogP contribution is -2.46. The molecule has 0 spiro atoms. The summed E-state index contributed by atoms with van der Waals surface area (Å²) in [5.74, 6) is -0.633. The normalized spacial score (nSPS) is 16.7. The molecule has 5 nitrogen and oxygen atoms in total. The van der Waals surface area contributed by atoms with E-state index in [0.717, 1.165) is 10.5 Å². The van der Waals surface area contributed by atoms with Gasteiger partial charge in [-0.1, -0.05) is 18.2 Å². The number of imide groups is 1. The lowest BCUT2D eigenvalue weighted by atomic mass is 9.98. The number of hydrogen-bond acceptors (Lipinski definition) is 4. The van der Waals surface area contributed by atoms with Crippen molar-refractivity contribution in [3.05, 3.63) is 35.4 Å². The number of benzene rings is 1. The average molecular weight is 249 g/mol. The molecule has 1 aliphatic rings. The van der Waals surface area contributed by atoms with Crippen molar-refractivity contribution >= 4 is 11.8 Å². The minimum Gasteiger partial charge on any atom is -0.389 e. The number of methoxy groups -OCH3 is 1. The molecule has 2 rings (SSSR count). The van der Waals surface area contributed by atoms with E-state index >= 15 is 0 Å². The molecule has 0 saturated heterocycles. The molecule has 1 atom stereocenters. The lowest BCUT2D eigenvalue weighted by Gasteiger charge is -2.28. The highest BCUT2D eigenvalue weighted by atomic mass is 16.5. The van der Waals surface area contributed by atoms with Gasteiger partial charge in [0.25, 0.3) is 5.91 Å². The summed E-state index contributed by atoms with van der Waals surface area (Å²) in [6.07, 6.45) is -0.658. The Morgan fingerprint density at radius 3 is 2.83 bits per heavy atom. The first-order valence-corrected chi connectivity index (χ1v) is 5.73. The van der Waals surface area contributed by atoms with Crippen molar-refractivity contribution in [3.8, 4) is 0 Å². The van der Waals surface area contributed by atoms with E-state index < -0.39 is 6.10 Å². The van der Waals surface area contributed by atoms with Gasteiger partial charge >= 0.3 is 0 Å². The van der Waals surface area contributed by atoms with Crippen LogP contribution in [0.25, 0.3) is 0 Å². The maximum Gasteiger partial charge on any atom is 0.260 e. The van der Waals surface area contributed by atoms with Crippen LogP contribution in [0.2, 0.25) is 0 Å². The van der Waals surface area contributed by atoms with Gasteiger partial charge in [0.05, 0.1) is 25.7 Å². The maximum absolute atomic E-state index is 12.1. The van der Waals surface area contributed by atoms with Crippen LogP contribution >= 0.6 is 0 Å². The molecule has 1 aromatic rings. The van der Waals surface area contributed by atoms with Gasteiger partial charge in [-0.2, -0.15) is 0 Å². The number of aliphatic hydroxyl groups is 1. The second-order valence-corrected chi connectivity index (χ2v) is 4.25. The number of β-amino-alcohol motifs (C(OH)–C–C–N with tert-alkyl or cyclic N) is 1. The van der Waals surface area contributed by atoms with E-state index in [-0.39, 0.29) is 31.4 Å². The molecule has 1 heterocycles. The Labute approximate surface area is 105 Å². The molecule has 1 N–H and O–H groups in total. The fraction of sp³-hybridized carbons (Fsp3) is 0.385. The van der Waals surface area contributed by atoms with E-state index in [9.17, 15) is 14.7 Å². The Morgan fingerprint density at radius 1 is 1.39 bits per heavy atom. The molecular formula is C13H15NO4. The number of ether oxygens (including phenoxy) is 1.